The van der Waals surface area contributed by atoms with Crippen molar-refractivity contribution in [3.05, 3.63) is 0 Å². The molecular formula is C12H23N3O. The predicted octanol–water partition coefficient (Wildman–Crippen LogP) is 0.339. The molecule has 2 aliphatic rings. The number of carbonyl (C=O) groups excluding carboxylic acids is 1. The molecule has 2 aliphatic heterocycles. The zero-order valence-electron chi connectivity index (χ0n) is 10.2. The number of likely N-dealkylation sites (N-methyl/N-ethyl adjacent to an activating group) is 1. The SMILES string of the molecule is CCNCC(=O)NC1CCN2CCCC2C1. The number of nitrogens with one attached hydrogen (secondary N) is 2. The van der Waals surface area contributed by atoms with Gasteiger partial charge in [-0.05, 0) is 38.8 Å². The standard InChI is InChI=1S/C12H23N3O/c1-2-13-9-12(16)14-10-5-7-15-6-3-4-11(15)8-10/h10-11,13H,2-9H2,1H3,(H,14,16). The molecule has 92 valence electrons. The average molecular weight is 225 g/mol. The van der Waals surface area contributed by atoms with Gasteiger partial charge in [-0.2, -0.15) is 0 Å². The molecule has 2 rings (SSSR count). The van der Waals surface area contributed by atoms with Crippen LogP contribution >= 0.6 is 0 Å². The van der Waals surface area contributed by atoms with E-state index >= 15 is 0 Å². The Bertz CT molecular complexity index is 244. The number of carbonyl (C=O) groups is 1. The van der Waals surface area contributed by atoms with Gasteiger partial charge in [-0.1, -0.05) is 6.92 Å². The van der Waals surface area contributed by atoms with E-state index in [2.05, 4.69) is 15.5 Å². The highest BCUT2D eigenvalue weighted by atomic mass is 16.1. The highest BCUT2D eigenvalue weighted by Gasteiger charge is 2.31. The van der Waals surface area contributed by atoms with Crippen LogP contribution in [0.25, 0.3) is 0 Å². The van der Waals surface area contributed by atoms with Crippen molar-refractivity contribution >= 4 is 5.91 Å². The fourth-order valence-electron chi connectivity index (χ4n) is 2.87. The number of hydrogen-bond donors (Lipinski definition) is 2. The highest BCUT2D eigenvalue weighted by molar-refractivity contribution is 5.78. The lowest BCUT2D eigenvalue weighted by Gasteiger charge is -2.35. The number of hydrogen-bond acceptors (Lipinski definition) is 3. The molecular weight excluding hydrogens is 202 g/mol. The molecule has 2 heterocycles. The molecule has 4 heteroatoms. The van der Waals surface area contributed by atoms with E-state index in [9.17, 15) is 4.79 Å². The van der Waals surface area contributed by atoms with Gasteiger partial charge < -0.3 is 15.5 Å². The van der Waals surface area contributed by atoms with Gasteiger partial charge in [0.15, 0.2) is 0 Å². The molecule has 2 atom stereocenters. The smallest absolute Gasteiger partial charge is 0.234 e. The van der Waals surface area contributed by atoms with Gasteiger partial charge in [0.1, 0.15) is 0 Å². The minimum atomic E-state index is 0.151. The Labute approximate surface area is 97.8 Å². The summed E-state index contributed by atoms with van der Waals surface area (Å²) < 4.78 is 0. The monoisotopic (exact) mass is 225 g/mol. The van der Waals surface area contributed by atoms with E-state index in [0.717, 1.165) is 32.0 Å². The number of rotatable bonds is 4. The van der Waals surface area contributed by atoms with Crippen molar-refractivity contribution in [2.45, 2.75) is 44.7 Å². The third-order valence-corrected chi connectivity index (χ3v) is 3.72. The zero-order chi connectivity index (χ0) is 11.4. The molecule has 2 unspecified atom stereocenters. The minimum Gasteiger partial charge on any atom is -0.352 e. The summed E-state index contributed by atoms with van der Waals surface area (Å²) in [4.78, 5) is 14.2. The average Bonchev–Trinajstić information content (AvgIpc) is 2.73. The second-order valence-electron chi connectivity index (χ2n) is 4.90. The maximum absolute atomic E-state index is 11.6. The van der Waals surface area contributed by atoms with Crippen LogP contribution in [0.15, 0.2) is 0 Å². The predicted molar refractivity (Wildman–Crippen MR) is 64.3 cm³/mol. The molecule has 4 nitrogen and oxygen atoms in total. The lowest BCUT2D eigenvalue weighted by Crippen LogP contribution is -2.49. The summed E-state index contributed by atoms with van der Waals surface area (Å²) in [7, 11) is 0. The van der Waals surface area contributed by atoms with Crippen molar-refractivity contribution in [3.8, 4) is 0 Å². The van der Waals surface area contributed by atoms with E-state index < -0.39 is 0 Å². The van der Waals surface area contributed by atoms with Crippen LogP contribution in [0, 0.1) is 0 Å². The summed E-state index contributed by atoms with van der Waals surface area (Å²) in [5.41, 5.74) is 0. The van der Waals surface area contributed by atoms with Crippen molar-refractivity contribution in [2.75, 3.05) is 26.2 Å². The van der Waals surface area contributed by atoms with Crippen molar-refractivity contribution < 1.29 is 4.79 Å². The van der Waals surface area contributed by atoms with Crippen LogP contribution in [0.3, 0.4) is 0 Å². The van der Waals surface area contributed by atoms with Crippen LogP contribution in [0.5, 0.6) is 0 Å². The molecule has 2 fully saturated rings. The summed E-state index contributed by atoms with van der Waals surface area (Å²) in [6.07, 6.45) is 4.93. The largest absolute Gasteiger partial charge is 0.352 e. The number of amides is 1. The Kier molecular flexibility index (Phi) is 4.18. The molecule has 2 saturated heterocycles. The molecule has 1 amide bonds. The van der Waals surface area contributed by atoms with Crippen molar-refractivity contribution in [1.82, 2.24) is 15.5 Å². The van der Waals surface area contributed by atoms with E-state index in [1.165, 1.54) is 19.4 Å². The minimum absolute atomic E-state index is 0.151. The van der Waals surface area contributed by atoms with Crippen LogP contribution in [0.4, 0.5) is 0 Å². The van der Waals surface area contributed by atoms with Crippen LogP contribution in [-0.4, -0.2) is 49.1 Å². The Morgan fingerprint density at radius 1 is 1.38 bits per heavy atom. The van der Waals surface area contributed by atoms with Gasteiger partial charge >= 0.3 is 0 Å². The van der Waals surface area contributed by atoms with E-state index in [-0.39, 0.29) is 5.91 Å². The third kappa shape index (κ3) is 2.95. The molecule has 0 aromatic rings. The normalized spacial score (nSPS) is 30.1. The molecule has 16 heavy (non-hydrogen) atoms. The van der Waals surface area contributed by atoms with Crippen molar-refractivity contribution in [1.29, 1.82) is 0 Å². The first-order chi connectivity index (χ1) is 7.79. The van der Waals surface area contributed by atoms with E-state index in [4.69, 9.17) is 0 Å². The van der Waals surface area contributed by atoms with Crippen LogP contribution in [0.2, 0.25) is 0 Å². The van der Waals surface area contributed by atoms with Crippen molar-refractivity contribution in [2.24, 2.45) is 0 Å². The Morgan fingerprint density at radius 2 is 2.25 bits per heavy atom. The van der Waals surface area contributed by atoms with Gasteiger partial charge in [0.05, 0.1) is 6.54 Å². The van der Waals surface area contributed by atoms with Gasteiger partial charge in [-0.15, -0.1) is 0 Å². The maximum atomic E-state index is 11.6. The Morgan fingerprint density at radius 3 is 3.06 bits per heavy atom. The van der Waals surface area contributed by atoms with Gasteiger partial charge in [-0.25, -0.2) is 0 Å². The van der Waals surface area contributed by atoms with Gasteiger partial charge in [-0.3, -0.25) is 4.79 Å². The summed E-state index contributed by atoms with van der Waals surface area (Å²) >= 11 is 0. The summed E-state index contributed by atoms with van der Waals surface area (Å²) in [6, 6.07) is 1.14. The third-order valence-electron chi connectivity index (χ3n) is 3.72. The fraction of sp³-hybridized carbons (Fsp3) is 0.917. The van der Waals surface area contributed by atoms with Crippen LogP contribution in [-0.2, 0) is 4.79 Å². The molecule has 0 saturated carbocycles. The number of nitrogens with zero attached hydrogens (tertiary/aromatic N) is 1. The van der Waals surface area contributed by atoms with E-state index in [1.54, 1.807) is 0 Å². The maximum Gasteiger partial charge on any atom is 0.234 e. The number of fused-ring (bicyclic) bond motifs is 1. The lowest BCUT2D eigenvalue weighted by molar-refractivity contribution is -0.121. The Hall–Kier alpha value is -0.610. The fourth-order valence-corrected chi connectivity index (χ4v) is 2.87. The Balaban J connectivity index is 1.72. The van der Waals surface area contributed by atoms with Gasteiger partial charge in [0.2, 0.25) is 5.91 Å². The molecule has 0 spiro atoms. The topological polar surface area (TPSA) is 44.4 Å². The molecule has 2 N–H and O–H groups in total. The lowest BCUT2D eigenvalue weighted by atomic mass is 9.97. The highest BCUT2D eigenvalue weighted by Crippen LogP contribution is 2.26. The summed E-state index contributed by atoms with van der Waals surface area (Å²) in [5, 5.41) is 6.20. The van der Waals surface area contributed by atoms with E-state index in [1.807, 2.05) is 6.92 Å². The van der Waals surface area contributed by atoms with Crippen molar-refractivity contribution in [3.63, 3.8) is 0 Å². The van der Waals surface area contributed by atoms with Gasteiger partial charge in [0.25, 0.3) is 0 Å². The molecule has 0 aliphatic carbocycles. The first-order valence-corrected chi connectivity index (χ1v) is 6.53. The van der Waals surface area contributed by atoms with Crippen LogP contribution < -0.4 is 10.6 Å². The second-order valence-corrected chi connectivity index (χ2v) is 4.90. The zero-order valence-corrected chi connectivity index (χ0v) is 10.2. The molecule has 0 aromatic heterocycles. The molecule has 0 radical (unpaired) electrons. The molecule has 0 bridgehead atoms. The molecule has 0 aromatic carbocycles. The quantitative estimate of drug-likeness (QED) is 0.725. The van der Waals surface area contributed by atoms with Crippen LogP contribution in [0.1, 0.15) is 32.6 Å². The number of piperidine rings is 1. The van der Waals surface area contributed by atoms with Gasteiger partial charge in [0, 0.05) is 18.6 Å². The first-order valence-electron chi connectivity index (χ1n) is 6.53. The summed E-state index contributed by atoms with van der Waals surface area (Å²) in [5.74, 6) is 0.151. The second kappa shape index (κ2) is 5.64. The first kappa shape index (κ1) is 11.9. The summed E-state index contributed by atoms with van der Waals surface area (Å²) in [6.45, 7) is 5.76. The van der Waals surface area contributed by atoms with E-state index in [0.29, 0.717) is 12.6 Å².